The summed E-state index contributed by atoms with van der Waals surface area (Å²) in [4.78, 5) is 16.9. The summed E-state index contributed by atoms with van der Waals surface area (Å²) in [7, 11) is 0. The zero-order valence-electron chi connectivity index (χ0n) is 13.5. The van der Waals surface area contributed by atoms with Crippen LogP contribution in [0.5, 0.6) is 0 Å². The Balaban J connectivity index is 1.72. The first-order valence-electron chi connectivity index (χ1n) is 7.97. The highest BCUT2D eigenvalue weighted by molar-refractivity contribution is 7.09. The second-order valence-corrected chi connectivity index (χ2v) is 6.94. The minimum absolute atomic E-state index is 0.204. The third-order valence-electron chi connectivity index (χ3n) is 4.43. The molecule has 1 unspecified atom stereocenters. The molecule has 0 radical (unpaired) electrons. The predicted molar refractivity (Wildman–Crippen MR) is 88.4 cm³/mol. The van der Waals surface area contributed by atoms with E-state index in [1.165, 1.54) is 0 Å². The van der Waals surface area contributed by atoms with E-state index in [-0.39, 0.29) is 5.91 Å². The highest BCUT2D eigenvalue weighted by Crippen LogP contribution is 2.26. The van der Waals surface area contributed by atoms with E-state index >= 15 is 0 Å². The highest BCUT2D eigenvalue weighted by Gasteiger charge is 2.30. The van der Waals surface area contributed by atoms with Crippen molar-refractivity contribution in [2.24, 2.45) is 0 Å². The van der Waals surface area contributed by atoms with Crippen molar-refractivity contribution in [3.63, 3.8) is 0 Å². The number of nitrogens with one attached hydrogen (secondary N) is 2. The number of carbonyl (C=O) groups excluding carboxylic acids is 1. The Labute approximate surface area is 139 Å². The van der Waals surface area contributed by atoms with Gasteiger partial charge in [0.05, 0.1) is 17.8 Å². The quantitative estimate of drug-likeness (QED) is 0.869. The Hall–Kier alpha value is -1.80. The Bertz CT molecular complexity index is 649. The summed E-state index contributed by atoms with van der Waals surface area (Å²) in [6.07, 6.45) is 6.29. The van der Waals surface area contributed by atoms with Gasteiger partial charge in [-0.05, 0) is 39.3 Å². The van der Waals surface area contributed by atoms with Crippen LogP contribution >= 0.6 is 11.3 Å². The third-order valence-corrected chi connectivity index (χ3v) is 5.46. The molecule has 7 nitrogen and oxygen atoms in total. The molecule has 1 fully saturated rings. The van der Waals surface area contributed by atoms with E-state index in [9.17, 15) is 4.79 Å². The van der Waals surface area contributed by atoms with Crippen molar-refractivity contribution >= 4 is 17.2 Å². The van der Waals surface area contributed by atoms with Crippen LogP contribution in [-0.2, 0) is 5.54 Å². The molecule has 3 rings (SSSR count). The summed E-state index contributed by atoms with van der Waals surface area (Å²) in [5, 5.41) is 17.4. The number of hydrogen-bond donors (Lipinski definition) is 2. The molecule has 0 aliphatic carbocycles. The third kappa shape index (κ3) is 3.42. The van der Waals surface area contributed by atoms with Crippen molar-refractivity contribution in [3.05, 3.63) is 28.5 Å². The Morgan fingerprint density at radius 3 is 2.96 bits per heavy atom. The summed E-state index contributed by atoms with van der Waals surface area (Å²) < 4.78 is 1.82. The van der Waals surface area contributed by atoms with Gasteiger partial charge in [0.1, 0.15) is 5.01 Å². The van der Waals surface area contributed by atoms with Crippen molar-refractivity contribution in [3.8, 4) is 0 Å². The first-order valence-corrected chi connectivity index (χ1v) is 8.85. The van der Waals surface area contributed by atoms with Gasteiger partial charge in [-0.25, -0.2) is 9.67 Å². The second-order valence-electron chi connectivity index (χ2n) is 6.04. The molecule has 1 aliphatic rings. The average Bonchev–Trinajstić information content (AvgIpc) is 3.27. The first-order chi connectivity index (χ1) is 11.1. The fourth-order valence-corrected chi connectivity index (χ4v) is 3.56. The van der Waals surface area contributed by atoms with E-state index in [1.807, 2.05) is 23.9 Å². The maximum absolute atomic E-state index is 12.5. The van der Waals surface area contributed by atoms with Crippen molar-refractivity contribution in [2.75, 3.05) is 13.1 Å². The lowest BCUT2D eigenvalue weighted by Gasteiger charge is -2.26. The van der Waals surface area contributed by atoms with E-state index in [4.69, 9.17) is 0 Å². The maximum atomic E-state index is 12.5. The largest absolute Gasteiger partial charge is 0.339 e. The SMILES string of the molecule is CCC(C)(NC(=O)c1cn(C2CCNCC2)nn1)c1nccs1. The molecule has 1 amide bonds. The van der Waals surface area contributed by atoms with Gasteiger partial charge < -0.3 is 10.6 Å². The molecular weight excluding hydrogens is 312 g/mol. The number of nitrogens with zero attached hydrogens (tertiary/aromatic N) is 4. The van der Waals surface area contributed by atoms with Gasteiger partial charge in [-0.15, -0.1) is 16.4 Å². The van der Waals surface area contributed by atoms with Gasteiger partial charge in [-0.2, -0.15) is 0 Å². The number of thiazole rings is 1. The molecule has 3 heterocycles. The average molecular weight is 334 g/mol. The van der Waals surface area contributed by atoms with Gasteiger partial charge in [-0.1, -0.05) is 12.1 Å². The predicted octanol–water partition coefficient (Wildman–Crippen LogP) is 1.71. The van der Waals surface area contributed by atoms with Crippen LogP contribution in [0.3, 0.4) is 0 Å². The standard InChI is InChI=1S/C15H22N6OS/c1-3-15(2,14-17-8-9-23-14)18-13(22)12-10-21(20-19-12)11-4-6-16-7-5-11/h8-11,16H,3-7H2,1-2H3,(H,18,22). The van der Waals surface area contributed by atoms with Crippen molar-refractivity contribution in [2.45, 2.75) is 44.7 Å². The van der Waals surface area contributed by atoms with E-state index in [0.717, 1.165) is 37.4 Å². The smallest absolute Gasteiger partial charge is 0.274 e. The van der Waals surface area contributed by atoms with Crippen LogP contribution in [0.1, 0.15) is 54.6 Å². The Kier molecular flexibility index (Phi) is 4.72. The molecule has 0 aromatic carbocycles. The molecule has 1 saturated heterocycles. The molecular formula is C15H22N6OS. The van der Waals surface area contributed by atoms with Gasteiger partial charge in [0, 0.05) is 11.6 Å². The van der Waals surface area contributed by atoms with Crippen LogP contribution in [0, 0.1) is 0 Å². The van der Waals surface area contributed by atoms with Gasteiger partial charge in [0.2, 0.25) is 0 Å². The van der Waals surface area contributed by atoms with E-state index < -0.39 is 5.54 Å². The van der Waals surface area contributed by atoms with Gasteiger partial charge in [0.15, 0.2) is 5.69 Å². The monoisotopic (exact) mass is 334 g/mol. The van der Waals surface area contributed by atoms with E-state index in [2.05, 4.69) is 25.9 Å². The van der Waals surface area contributed by atoms with Crippen LogP contribution in [0.4, 0.5) is 0 Å². The molecule has 1 atom stereocenters. The van der Waals surface area contributed by atoms with E-state index in [0.29, 0.717) is 11.7 Å². The van der Waals surface area contributed by atoms with Crippen molar-refractivity contribution in [1.29, 1.82) is 0 Å². The number of hydrogen-bond acceptors (Lipinski definition) is 6. The zero-order valence-corrected chi connectivity index (χ0v) is 14.3. The van der Waals surface area contributed by atoms with Crippen LogP contribution in [0.2, 0.25) is 0 Å². The normalized spacial score (nSPS) is 18.5. The fourth-order valence-electron chi connectivity index (χ4n) is 2.73. The molecule has 8 heteroatoms. The van der Waals surface area contributed by atoms with Crippen LogP contribution in [0.25, 0.3) is 0 Å². The van der Waals surface area contributed by atoms with Crippen molar-refractivity contribution in [1.82, 2.24) is 30.6 Å². The lowest BCUT2D eigenvalue weighted by Crippen LogP contribution is -2.43. The summed E-state index contributed by atoms with van der Waals surface area (Å²) in [6, 6.07) is 0.321. The molecule has 2 N–H and O–H groups in total. The molecule has 0 saturated carbocycles. The summed E-state index contributed by atoms with van der Waals surface area (Å²) >= 11 is 1.55. The minimum Gasteiger partial charge on any atom is -0.339 e. The molecule has 0 spiro atoms. The molecule has 2 aromatic rings. The number of piperidine rings is 1. The summed E-state index contributed by atoms with van der Waals surface area (Å²) in [6.45, 7) is 5.97. The number of carbonyl (C=O) groups is 1. The van der Waals surface area contributed by atoms with Crippen LogP contribution in [-0.4, -0.2) is 39.0 Å². The molecule has 23 heavy (non-hydrogen) atoms. The van der Waals surface area contributed by atoms with Gasteiger partial charge in [0.25, 0.3) is 5.91 Å². The van der Waals surface area contributed by atoms with Gasteiger partial charge in [-0.3, -0.25) is 4.79 Å². The lowest BCUT2D eigenvalue weighted by atomic mass is 9.99. The van der Waals surface area contributed by atoms with Crippen molar-refractivity contribution < 1.29 is 4.79 Å². The molecule has 2 aromatic heterocycles. The molecule has 0 bridgehead atoms. The Morgan fingerprint density at radius 1 is 1.52 bits per heavy atom. The minimum atomic E-state index is -0.482. The Morgan fingerprint density at radius 2 is 2.30 bits per heavy atom. The number of amides is 1. The number of aromatic nitrogens is 4. The number of rotatable bonds is 5. The summed E-state index contributed by atoms with van der Waals surface area (Å²) in [5.41, 5.74) is -0.121. The van der Waals surface area contributed by atoms with Crippen LogP contribution < -0.4 is 10.6 Å². The molecule has 1 aliphatic heterocycles. The molecule has 124 valence electrons. The zero-order chi connectivity index (χ0) is 16.3. The maximum Gasteiger partial charge on any atom is 0.274 e. The fraction of sp³-hybridized carbons (Fsp3) is 0.600. The van der Waals surface area contributed by atoms with Gasteiger partial charge >= 0.3 is 0 Å². The second kappa shape index (κ2) is 6.76. The topological polar surface area (TPSA) is 84.7 Å². The van der Waals surface area contributed by atoms with E-state index in [1.54, 1.807) is 23.7 Å². The summed E-state index contributed by atoms with van der Waals surface area (Å²) in [5.74, 6) is -0.204. The van der Waals surface area contributed by atoms with Crippen LogP contribution in [0.15, 0.2) is 17.8 Å². The first kappa shape index (κ1) is 16.1. The highest BCUT2D eigenvalue weighted by atomic mass is 32.1. The lowest BCUT2D eigenvalue weighted by molar-refractivity contribution is 0.0896.